The normalized spacial score (nSPS) is 11.7. The number of nitro benzene ring substituents is 1. The van der Waals surface area contributed by atoms with Gasteiger partial charge in [-0.3, -0.25) is 14.9 Å². The van der Waals surface area contributed by atoms with Gasteiger partial charge in [0.1, 0.15) is 11.4 Å². The fraction of sp³-hybridized carbons (Fsp3) is 0.294. The molecule has 0 bridgehead atoms. The van der Waals surface area contributed by atoms with Crippen molar-refractivity contribution < 1.29 is 24.4 Å². The van der Waals surface area contributed by atoms with Crippen LogP contribution in [0.3, 0.4) is 0 Å². The Morgan fingerprint density at radius 2 is 2.07 bits per heavy atom. The number of amides is 1. The van der Waals surface area contributed by atoms with E-state index in [1.54, 1.807) is 20.8 Å². The fourth-order valence-corrected chi connectivity index (χ4v) is 2.91. The average Bonchev–Trinajstić information content (AvgIpc) is 2.88. The standard InChI is InChI=1S/C17H18ClN3O6/c1-8-15(10(3)22)9(2)19-16(8)17(24)27-7-14(23)20-12-5-4-11(18)6-13(12)21(25)26/h4-6,10,19,22H,7H2,1-3H3,(H,20,23)/t10-/m1/s1. The molecule has 0 aliphatic heterocycles. The predicted molar refractivity (Wildman–Crippen MR) is 97.9 cm³/mol. The van der Waals surface area contributed by atoms with Crippen LogP contribution in [0.15, 0.2) is 18.2 Å². The number of carbonyl (C=O) groups excluding carboxylic acids is 2. The molecule has 10 heteroatoms. The van der Waals surface area contributed by atoms with Gasteiger partial charge in [-0.1, -0.05) is 11.6 Å². The molecule has 0 radical (unpaired) electrons. The molecule has 0 aliphatic rings. The van der Waals surface area contributed by atoms with Gasteiger partial charge in [0, 0.05) is 22.3 Å². The molecule has 1 amide bonds. The number of H-pyrrole nitrogens is 1. The third kappa shape index (κ3) is 4.63. The number of aryl methyl sites for hydroxylation is 1. The summed E-state index contributed by atoms with van der Waals surface area (Å²) in [5.74, 6) is -1.52. The summed E-state index contributed by atoms with van der Waals surface area (Å²) < 4.78 is 4.96. The zero-order chi connectivity index (χ0) is 20.3. The second-order valence-corrected chi connectivity index (χ2v) is 6.32. The van der Waals surface area contributed by atoms with E-state index in [1.165, 1.54) is 12.1 Å². The van der Waals surface area contributed by atoms with Crippen molar-refractivity contribution >= 4 is 34.9 Å². The van der Waals surface area contributed by atoms with Crippen molar-refractivity contribution in [1.82, 2.24) is 4.98 Å². The lowest BCUT2D eigenvalue weighted by molar-refractivity contribution is -0.383. The first kappa shape index (κ1) is 20.4. The number of aromatic nitrogens is 1. The number of esters is 1. The van der Waals surface area contributed by atoms with E-state index in [0.29, 0.717) is 16.8 Å². The van der Waals surface area contributed by atoms with Gasteiger partial charge in [-0.25, -0.2) is 4.79 Å². The zero-order valence-electron chi connectivity index (χ0n) is 14.8. The highest BCUT2D eigenvalue weighted by atomic mass is 35.5. The Morgan fingerprint density at radius 3 is 2.63 bits per heavy atom. The molecule has 1 aromatic carbocycles. The van der Waals surface area contributed by atoms with Crippen LogP contribution in [0.1, 0.15) is 40.3 Å². The molecule has 0 saturated carbocycles. The summed E-state index contributed by atoms with van der Waals surface area (Å²) >= 11 is 5.71. The highest BCUT2D eigenvalue weighted by molar-refractivity contribution is 6.31. The van der Waals surface area contributed by atoms with Crippen molar-refractivity contribution in [3.8, 4) is 0 Å². The fourth-order valence-electron chi connectivity index (χ4n) is 2.75. The van der Waals surface area contributed by atoms with Gasteiger partial charge in [0.15, 0.2) is 6.61 Å². The van der Waals surface area contributed by atoms with E-state index in [4.69, 9.17) is 16.3 Å². The van der Waals surface area contributed by atoms with Crippen LogP contribution in [0, 0.1) is 24.0 Å². The van der Waals surface area contributed by atoms with Crippen LogP contribution < -0.4 is 5.32 Å². The zero-order valence-corrected chi connectivity index (χ0v) is 15.6. The largest absolute Gasteiger partial charge is 0.451 e. The van der Waals surface area contributed by atoms with Crippen LogP contribution in [-0.2, 0) is 9.53 Å². The molecule has 3 N–H and O–H groups in total. The van der Waals surface area contributed by atoms with Crippen molar-refractivity contribution in [2.75, 3.05) is 11.9 Å². The van der Waals surface area contributed by atoms with E-state index < -0.39 is 29.5 Å². The van der Waals surface area contributed by atoms with Crippen LogP contribution in [0.2, 0.25) is 5.02 Å². The third-order valence-electron chi connectivity index (χ3n) is 3.88. The predicted octanol–water partition coefficient (Wildman–Crippen LogP) is 3.04. The molecule has 0 fully saturated rings. The lowest BCUT2D eigenvalue weighted by atomic mass is 10.1. The number of aliphatic hydroxyl groups excluding tert-OH is 1. The van der Waals surface area contributed by atoms with Gasteiger partial charge in [0.25, 0.3) is 11.6 Å². The second-order valence-electron chi connectivity index (χ2n) is 5.88. The average molecular weight is 396 g/mol. The van der Waals surface area contributed by atoms with Crippen LogP contribution >= 0.6 is 11.6 Å². The smallest absolute Gasteiger partial charge is 0.355 e. The molecule has 1 atom stereocenters. The van der Waals surface area contributed by atoms with Gasteiger partial charge >= 0.3 is 5.97 Å². The first-order chi connectivity index (χ1) is 12.6. The molecule has 0 aliphatic carbocycles. The number of nitrogens with zero attached hydrogens (tertiary/aromatic N) is 1. The Bertz CT molecular complexity index is 906. The Hall–Kier alpha value is -2.91. The van der Waals surface area contributed by atoms with E-state index in [0.717, 1.165) is 6.07 Å². The lowest BCUT2D eigenvalue weighted by Crippen LogP contribution is -2.21. The van der Waals surface area contributed by atoms with Crippen molar-refractivity contribution in [2.24, 2.45) is 0 Å². The molecule has 9 nitrogen and oxygen atoms in total. The summed E-state index contributed by atoms with van der Waals surface area (Å²) in [4.78, 5) is 37.3. The maximum absolute atomic E-state index is 12.2. The Balaban J connectivity index is 2.06. The van der Waals surface area contributed by atoms with Crippen molar-refractivity contribution in [3.63, 3.8) is 0 Å². The molecule has 1 heterocycles. The second kappa shape index (κ2) is 8.19. The van der Waals surface area contributed by atoms with Gasteiger partial charge in [-0.05, 0) is 38.5 Å². The molecular weight excluding hydrogens is 378 g/mol. The highest BCUT2D eigenvalue weighted by Gasteiger charge is 2.22. The topological polar surface area (TPSA) is 135 Å². The number of halogens is 1. The number of hydrogen-bond acceptors (Lipinski definition) is 6. The molecular formula is C17H18ClN3O6. The molecule has 0 spiro atoms. The van der Waals surface area contributed by atoms with E-state index in [-0.39, 0.29) is 22.1 Å². The van der Waals surface area contributed by atoms with E-state index >= 15 is 0 Å². The number of nitrogens with one attached hydrogen (secondary N) is 2. The quantitative estimate of drug-likeness (QED) is 0.391. The summed E-state index contributed by atoms with van der Waals surface area (Å²) in [5, 5.41) is 23.2. The minimum absolute atomic E-state index is 0.0614. The maximum Gasteiger partial charge on any atom is 0.355 e. The number of aromatic amines is 1. The first-order valence-corrected chi connectivity index (χ1v) is 8.27. The third-order valence-corrected chi connectivity index (χ3v) is 4.12. The number of anilines is 1. The SMILES string of the molecule is Cc1[nH]c(C(=O)OCC(=O)Nc2ccc(Cl)cc2[N+](=O)[O-])c(C)c1[C@@H](C)O. The highest BCUT2D eigenvalue weighted by Crippen LogP contribution is 2.28. The van der Waals surface area contributed by atoms with Crippen LogP contribution in [0.4, 0.5) is 11.4 Å². The van der Waals surface area contributed by atoms with E-state index in [1.807, 2.05) is 0 Å². The summed E-state index contributed by atoms with van der Waals surface area (Å²) in [7, 11) is 0. The molecule has 2 rings (SSSR count). The number of carbonyl (C=O) groups is 2. The van der Waals surface area contributed by atoms with Crippen molar-refractivity contribution in [3.05, 3.63) is 55.9 Å². The van der Waals surface area contributed by atoms with Crippen LogP contribution in [-0.4, -0.2) is 33.5 Å². The summed E-state index contributed by atoms with van der Waals surface area (Å²) in [6, 6.07) is 3.78. The van der Waals surface area contributed by atoms with E-state index in [9.17, 15) is 24.8 Å². The lowest BCUT2D eigenvalue weighted by Gasteiger charge is -2.08. The Morgan fingerprint density at radius 1 is 1.41 bits per heavy atom. The number of aliphatic hydroxyl groups is 1. The molecule has 2 aromatic rings. The number of nitro groups is 1. The van der Waals surface area contributed by atoms with Gasteiger partial charge in [-0.2, -0.15) is 0 Å². The molecule has 144 valence electrons. The number of hydrogen-bond donors (Lipinski definition) is 3. The first-order valence-electron chi connectivity index (χ1n) is 7.89. The summed E-state index contributed by atoms with van der Waals surface area (Å²) in [6.45, 7) is 4.29. The molecule has 0 unspecified atom stereocenters. The van der Waals surface area contributed by atoms with Crippen LogP contribution in [0.5, 0.6) is 0 Å². The number of rotatable bonds is 6. The summed E-state index contributed by atoms with van der Waals surface area (Å²) in [6.07, 6.45) is -0.767. The Labute approximate surface area is 159 Å². The monoisotopic (exact) mass is 395 g/mol. The van der Waals surface area contributed by atoms with Gasteiger partial charge in [0.05, 0.1) is 11.0 Å². The van der Waals surface area contributed by atoms with Gasteiger partial charge < -0.3 is 20.1 Å². The molecule has 27 heavy (non-hydrogen) atoms. The maximum atomic E-state index is 12.2. The minimum Gasteiger partial charge on any atom is -0.451 e. The number of ether oxygens (including phenoxy) is 1. The van der Waals surface area contributed by atoms with E-state index in [2.05, 4.69) is 10.3 Å². The Kier molecular flexibility index (Phi) is 6.19. The van der Waals surface area contributed by atoms with Crippen molar-refractivity contribution in [1.29, 1.82) is 0 Å². The van der Waals surface area contributed by atoms with Gasteiger partial charge in [-0.15, -0.1) is 0 Å². The minimum atomic E-state index is -0.775. The number of benzene rings is 1. The van der Waals surface area contributed by atoms with Gasteiger partial charge in [0.2, 0.25) is 0 Å². The summed E-state index contributed by atoms with van der Waals surface area (Å²) in [5.41, 5.74) is 1.43. The molecule has 0 saturated heterocycles. The molecule has 1 aromatic heterocycles. The van der Waals surface area contributed by atoms with Crippen molar-refractivity contribution in [2.45, 2.75) is 26.9 Å². The van der Waals surface area contributed by atoms with Crippen LogP contribution in [0.25, 0.3) is 0 Å².